The second-order valence-corrected chi connectivity index (χ2v) is 8.34. The Morgan fingerprint density at radius 3 is 2.33 bits per heavy atom. The molecule has 0 N–H and O–H groups in total. The number of aryl methyl sites for hydroxylation is 1. The fraction of sp³-hybridized carbons (Fsp3) is 0.120. The van der Waals surface area contributed by atoms with Gasteiger partial charge in [0.15, 0.2) is 17.1 Å². The molecule has 1 atom stereocenters. The van der Waals surface area contributed by atoms with Crippen LogP contribution in [-0.2, 0) is 14.1 Å². The van der Waals surface area contributed by atoms with Gasteiger partial charge in [0, 0.05) is 14.1 Å². The van der Waals surface area contributed by atoms with Crippen LogP contribution in [0.2, 0.25) is 5.22 Å². The van der Waals surface area contributed by atoms with Gasteiger partial charge >= 0.3 is 5.69 Å². The second kappa shape index (κ2) is 7.02. The number of nitrogens with zero attached hydrogens (tertiary/aromatic N) is 3. The fourth-order valence-electron chi connectivity index (χ4n) is 4.64. The molecule has 0 saturated heterocycles. The molecular weight excluding hydrogens is 442 g/mol. The van der Waals surface area contributed by atoms with Crippen LogP contribution >= 0.6 is 11.6 Å². The molecule has 0 amide bonds. The number of rotatable bonds is 2. The summed E-state index contributed by atoms with van der Waals surface area (Å²) in [5.74, 6) is 1.10. The number of fused-ring (bicyclic) bond motifs is 5. The number of benzene rings is 2. The Bertz CT molecular complexity index is 1670. The molecule has 6 rings (SSSR count). The molecule has 1 unspecified atom stereocenters. The zero-order valence-electron chi connectivity index (χ0n) is 17.8. The maximum atomic E-state index is 13.5. The first kappa shape index (κ1) is 19.7. The van der Waals surface area contributed by atoms with E-state index in [1.54, 1.807) is 19.2 Å². The zero-order valence-corrected chi connectivity index (χ0v) is 18.5. The molecule has 164 valence electrons. The van der Waals surface area contributed by atoms with E-state index in [9.17, 15) is 9.59 Å². The van der Waals surface area contributed by atoms with Gasteiger partial charge in [0.2, 0.25) is 0 Å². The molecule has 0 radical (unpaired) electrons. The second-order valence-electron chi connectivity index (χ2n) is 7.97. The monoisotopic (exact) mass is 459 g/mol. The van der Waals surface area contributed by atoms with Crippen LogP contribution in [0.4, 0.5) is 0 Å². The zero-order chi connectivity index (χ0) is 22.9. The Morgan fingerprint density at radius 1 is 0.879 bits per heavy atom. The number of hydrogen-bond acceptors (Lipinski definition) is 4. The minimum atomic E-state index is -0.718. The lowest BCUT2D eigenvalue weighted by molar-refractivity contribution is 0.199. The molecule has 1 aliphatic rings. The average Bonchev–Trinajstić information content (AvgIpc) is 3.43. The molecule has 33 heavy (non-hydrogen) atoms. The third kappa shape index (κ3) is 2.69. The molecule has 0 saturated carbocycles. The highest BCUT2D eigenvalue weighted by atomic mass is 35.5. The molecule has 0 spiro atoms. The summed E-state index contributed by atoms with van der Waals surface area (Å²) in [5.41, 5.74) is 2.64. The Balaban J connectivity index is 1.88. The summed E-state index contributed by atoms with van der Waals surface area (Å²) in [6, 6.07) is 20.6. The van der Waals surface area contributed by atoms with Gasteiger partial charge in [-0.3, -0.25) is 13.9 Å². The van der Waals surface area contributed by atoms with Gasteiger partial charge in [-0.2, -0.15) is 0 Å². The van der Waals surface area contributed by atoms with E-state index in [-0.39, 0.29) is 10.8 Å². The van der Waals surface area contributed by atoms with Gasteiger partial charge in [0.05, 0.1) is 28.0 Å². The lowest BCUT2D eigenvalue weighted by atomic mass is 10.1. The van der Waals surface area contributed by atoms with Gasteiger partial charge in [0.25, 0.3) is 5.56 Å². The first-order chi connectivity index (χ1) is 16.0. The molecule has 0 aliphatic carbocycles. The van der Waals surface area contributed by atoms with E-state index >= 15 is 0 Å². The van der Waals surface area contributed by atoms with Gasteiger partial charge in [-0.15, -0.1) is 0 Å². The lowest BCUT2D eigenvalue weighted by Crippen LogP contribution is -2.37. The van der Waals surface area contributed by atoms with Crippen molar-refractivity contribution < 1.29 is 9.15 Å². The van der Waals surface area contributed by atoms with Crippen molar-refractivity contribution in [2.24, 2.45) is 14.1 Å². The number of aromatic nitrogens is 3. The maximum Gasteiger partial charge on any atom is 0.331 e. The highest BCUT2D eigenvalue weighted by Gasteiger charge is 2.37. The molecule has 2 aromatic carbocycles. The minimum absolute atomic E-state index is 0.225. The summed E-state index contributed by atoms with van der Waals surface area (Å²) in [6.07, 6.45) is -0.718. The fourth-order valence-corrected chi connectivity index (χ4v) is 4.80. The third-order valence-corrected chi connectivity index (χ3v) is 6.31. The largest absolute Gasteiger partial charge is 0.474 e. The van der Waals surface area contributed by atoms with Crippen molar-refractivity contribution in [1.82, 2.24) is 13.7 Å². The van der Waals surface area contributed by atoms with Crippen LogP contribution in [0.15, 0.2) is 80.7 Å². The Kier molecular flexibility index (Phi) is 4.19. The van der Waals surface area contributed by atoms with Crippen LogP contribution in [0.3, 0.4) is 0 Å². The van der Waals surface area contributed by atoms with Crippen LogP contribution in [0.1, 0.15) is 17.6 Å². The van der Waals surface area contributed by atoms with Gasteiger partial charge in [0.1, 0.15) is 5.75 Å². The van der Waals surface area contributed by atoms with Crippen molar-refractivity contribution in [3.8, 4) is 22.7 Å². The third-order valence-electron chi connectivity index (χ3n) is 6.11. The topological polar surface area (TPSA) is 71.3 Å². The van der Waals surface area contributed by atoms with E-state index in [0.717, 1.165) is 15.8 Å². The number of halogens is 1. The van der Waals surface area contributed by atoms with E-state index in [4.69, 9.17) is 20.8 Å². The number of hydrogen-bond donors (Lipinski definition) is 0. The number of ether oxygens (including phenoxy) is 1. The predicted molar refractivity (Wildman–Crippen MR) is 125 cm³/mol. The van der Waals surface area contributed by atoms with Crippen molar-refractivity contribution in [3.05, 3.63) is 104 Å². The summed E-state index contributed by atoms with van der Waals surface area (Å²) >= 11 is 6.09. The van der Waals surface area contributed by atoms with Crippen molar-refractivity contribution >= 4 is 22.5 Å². The van der Waals surface area contributed by atoms with E-state index in [1.165, 1.54) is 11.6 Å². The summed E-state index contributed by atoms with van der Waals surface area (Å²) in [5, 5.41) is 0.659. The molecule has 1 aliphatic heterocycles. The van der Waals surface area contributed by atoms with Crippen LogP contribution in [-0.4, -0.2) is 13.7 Å². The molecular formula is C25H18ClN3O4. The Hall–Kier alpha value is -3.97. The van der Waals surface area contributed by atoms with E-state index in [1.807, 2.05) is 59.2 Å². The molecule has 8 heteroatoms. The lowest BCUT2D eigenvalue weighted by Gasteiger charge is -2.28. The Morgan fingerprint density at radius 2 is 1.61 bits per heavy atom. The highest BCUT2D eigenvalue weighted by Crippen LogP contribution is 2.46. The van der Waals surface area contributed by atoms with Crippen molar-refractivity contribution in [2.45, 2.75) is 6.10 Å². The standard InChI is InChI=1S/C25H18ClN3O4/c1-27-21-19(24(30)28(2)25(27)31)20(14-8-4-3-5-9-14)29-15-10-6-7-11-16(15)33-23(22(21)29)17-12-13-18(26)32-17/h3-13,23H,1-2H3. The minimum Gasteiger partial charge on any atom is -0.474 e. The summed E-state index contributed by atoms with van der Waals surface area (Å²) in [6.45, 7) is 0. The van der Waals surface area contributed by atoms with Gasteiger partial charge in [-0.05, 0) is 41.4 Å². The number of para-hydroxylation sites is 2. The molecule has 0 fully saturated rings. The van der Waals surface area contributed by atoms with Gasteiger partial charge in [-0.1, -0.05) is 42.5 Å². The molecule has 7 nitrogen and oxygen atoms in total. The van der Waals surface area contributed by atoms with Crippen LogP contribution in [0.5, 0.6) is 5.75 Å². The van der Waals surface area contributed by atoms with Crippen molar-refractivity contribution in [3.63, 3.8) is 0 Å². The highest BCUT2D eigenvalue weighted by molar-refractivity contribution is 6.28. The quantitative estimate of drug-likeness (QED) is 0.391. The average molecular weight is 460 g/mol. The summed E-state index contributed by atoms with van der Waals surface area (Å²) in [7, 11) is 3.15. The molecule has 5 aromatic rings. The van der Waals surface area contributed by atoms with Crippen LogP contribution in [0.25, 0.3) is 27.8 Å². The number of furan rings is 1. The maximum absolute atomic E-state index is 13.5. The van der Waals surface area contributed by atoms with Gasteiger partial charge < -0.3 is 13.7 Å². The Labute approximate surface area is 192 Å². The summed E-state index contributed by atoms with van der Waals surface area (Å²) in [4.78, 5) is 26.5. The molecule has 3 aromatic heterocycles. The SMILES string of the molecule is Cn1c(=O)c2c(-c3ccccc3)n3c(c2n(C)c1=O)C(c1ccc(Cl)o1)Oc1ccccc1-3. The molecule has 4 heterocycles. The summed E-state index contributed by atoms with van der Waals surface area (Å²) < 4.78 is 16.7. The molecule has 0 bridgehead atoms. The predicted octanol–water partition coefficient (Wildman–Crippen LogP) is 4.42. The van der Waals surface area contributed by atoms with Crippen molar-refractivity contribution in [1.29, 1.82) is 0 Å². The van der Waals surface area contributed by atoms with Gasteiger partial charge in [-0.25, -0.2) is 4.79 Å². The first-order valence-electron chi connectivity index (χ1n) is 10.4. The first-order valence-corrected chi connectivity index (χ1v) is 10.8. The van der Waals surface area contributed by atoms with Crippen LogP contribution in [0, 0.1) is 0 Å². The van der Waals surface area contributed by atoms with E-state index in [2.05, 4.69) is 0 Å². The van der Waals surface area contributed by atoms with E-state index in [0.29, 0.717) is 33.8 Å². The van der Waals surface area contributed by atoms with Crippen molar-refractivity contribution in [2.75, 3.05) is 0 Å². The van der Waals surface area contributed by atoms with Crippen LogP contribution < -0.4 is 16.0 Å². The normalized spacial score (nSPS) is 14.7. The van der Waals surface area contributed by atoms with E-state index < -0.39 is 11.8 Å². The smallest absolute Gasteiger partial charge is 0.331 e.